The summed E-state index contributed by atoms with van der Waals surface area (Å²) in [5.41, 5.74) is 0. The van der Waals surface area contributed by atoms with Crippen LogP contribution in [0, 0.1) is 0 Å². The number of unbranched alkanes of at least 4 members (excludes halogenated alkanes) is 17. The van der Waals surface area contributed by atoms with Gasteiger partial charge in [0.2, 0.25) is 0 Å². The van der Waals surface area contributed by atoms with Gasteiger partial charge in [0.25, 0.3) is 6.47 Å². The molecule has 0 atom stereocenters. The van der Waals surface area contributed by atoms with Crippen LogP contribution in [0.1, 0.15) is 122 Å². The zero-order valence-corrected chi connectivity index (χ0v) is 15.8. The van der Waals surface area contributed by atoms with Gasteiger partial charge < -0.3 is 4.74 Å². The van der Waals surface area contributed by atoms with Crippen molar-refractivity contribution in [1.29, 1.82) is 0 Å². The van der Waals surface area contributed by atoms with Crippen LogP contribution in [0.4, 0.5) is 0 Å². The predicted molar refractivity (Wildman–Crippen MR) is 101 cm³/mol. The minimum absolute atomic E-state index is 0.549. The Labute approximate surface area is 145 Å². The summed E-state index contributed by atoms with van der Waals surface area (Å²) >= 11 is 0. The highest BCUT2D eigenvalue weighted by molar-refractivity contribution is 5.36. The van der Waals surface area contributed by atoms with Gasteiger partial charge in [-0.15, -0.1) is 0 Å². The van der Waals surface area contributed by atoms with E-state index in [9.17, 15) is 4.79 Å². The predicted octanol–water partition coefficient (Wildman–Crippen LogP) is 7.20. The molecule has 0 aromatic heterocycles. The highest BCUT2D eigenvalue weighted by Gasteiger charge is 1.95. The number of hydrogen-bond donors (Lipinski definition) is 0. The second-order valence-electron chi connectivity index (χ2n) is 6.98. The first-order valence-corrected chi connectivity index (χ1v) is 10.5. The van der Waals surface area contributed by atoms with Crippen LogP contribution in [-0.4, -0.2) is 13.1 Å². The van der Waals surface area contributed by atoms with E-state index in [1.807, 2.05) is 0 Å². The van der Waals surface area contributed by atoms with Crippen LogP contribution in [0.15, 0.2) is 0 Å². The fourth-order valence-corrected chi connectivity index (χ4v) is 3.14. The normalized spacial score (nSPS) is 10.8. The first-order chi connectivity index (χ1) is 11.4. The molecular weight excluding hydrogens is 284 g/mol. The molecule has 0 heterocycles. The third-order valence-electron chi connectivity index (χ3n) is 4.68. The van der Waals surface area contributed by atoms with Crippen molar-refractivity contribution in [3.63, 3.8) is 0 Å². The van der Waals surface area contributed by atoms with E-state index in [1.165, 1.54) is 109 Å². The number of carbonyl (C=O) groups is 1. The van der Waals surface area contributed by atoms with Crippen molar-refractivity contribution in [2.75, 3.05) is 6.61 Å². The molecule has 0 amide bonds. The third-order valence-corrected chi connectivity index (χ3v) is 4.68. The number of hydrogen-bond acceptors (Lipinski definition) is 2. The van der Waals surface area contributed by atoms with Crippen molar-refractivity contribution in [3.05, 3.63) is 0 Å². The lowest BCUT2D eigenvalue weighted by atomic mass is 10.0. The van der Waals surface area contributed by atoms with Gasteiger partial charge in [0.05, 0.1) is 6.61 Å². The molecule has 0 aliphatic rings. The van der Waals surface area contributed by atoms with E-state index in [-0.39, 0.29) is 0 Å². The van der Waals surface area contributed by atoms with Gasteiger partial charge in [-0.3, -0.25) is 4.79 Å². The average Bonchev–Trinajstić information content (AvgIpc) is 2.57. The second-order valence-corrected chi connectivity index (χ2v) is 6.98. The van der Waals surface area contributed by atoms with Crippen LogP contribution in [-0.2, 0) is 9.53 Å². The molecule has 0 aliphatic carbocycles. The average molecular weight is 327 g/mol. The smallest absolute Gasteiger partial charge is 0.293 e. The Bertz CT molecular complexity index is 216. The molecule has 0 aromatic carbocycles. The molecule has 0 aliphatic heterocycles. The molecule has 0 saturated carbocycles. The fraction of sp³-hybridized carbons (Fsp3) is 0.952. The maximum absolute atomic E-state index is 9.96. The molecule has 0 fully saturated rings. The van der Waals surface area contributed by atoms with E-state index in [2.05, 4.69) is 11.7 Å². The minimum atomic E-state index is 0.549. The van der Waals surface area contributed by atoms with Gasteiger partial charge >= 0.3 is 0 Å². The SMILES string of the molecule is CCCCCCCCCCCCCCCCCCCCOC=O. The topological polar surface area (TPSA) is 26.3 Å². The van der Waals surface area contributed by atoms with Gasteiger partial charge in [-0.2, -0.15) is 0 Å². The van der Waals surface area contributed by atoms with Gasteiger partial charge in [0.1, 0.15) is 0 Å². The maximum atomic E-state index is 9.96. The van der Waals surface area contributed by atoms with Crippen LogP contribution in [0.2, 0.25) is 0 Å². The molecule has 23 heavy (non-hydrogen) atoms. The van der Waals surface area contributed by atoms with Crippen molar-refractivity contribution in [3.8, 4) is 0 Å². The zero-order valence-electron chi connectivity index (χ0n) is 15.8. The first-order valence-electron chi connectivity index (χ1n) is 10.5. The molecule has 2 heteroatoms. The van der Waals surface area contributed by atoms with E-state index in [4.69, 9.17) is 0 Å². The van der Waals surface area contributed by atoms with Gasteiger partial charge in [-0.1, -0.05) is 116 Å². The molecule has 0 unspecified atom stereocenters. The molecule has 2 nitrogen and oxygen atoms in total. The fourth-order valence-electron chi connectivity index (χ4n) is 3.14. The monoisotopic (exact) mass is 326 g/mol. The summed E-state index contributed by atoms with van der Waals surface area (Å²) in [6, 6.07) is 0. The lowest BCUT2D eigenvalue weighted by Gasteiger charge is -2.03. The van der Waals surface area contributed by atoms with Gasteiger partial charge in [0, 0.05) is 0 Å². The molecule has 0 bridgehead atoms. The van der Waals surface area contributed by atoms with Crippen molar-refractivity contribution in [2.45, 2.75) is 122 Å². The van der Waals surface area contributed by atoms with E-state index in [1.54, 1.807) is 0 Å². The summed E-state index contributed by atoms with van der Waals surface area (Å²) in [5, 5.41) is 0. The van der Waals surface area contributed by atoms with Crippen LogP contribution in [0.3, 0.4) is 0 Å². The molecule has 0 aromatic rings. The number of carbonyl (C=O) groups excluding carboxylic acids is 1. The number of ether oxygens (including phenoxy) is 1. The quantitative estimate of drug-likeness (QED) is 0.175. The van der Waals surface area contributed by atoms with E-state index < -0.39 is 0 Å². The molecule has 138 valence electrons. The van der Waals surface area contributed by atoms with Crippen LogP contribution >= 0.6 is 0 Å². The number of rotatable bonds is 20. The minimum Gasteiger partial charge on any atom is -0.468 e. The Kier molecular flexibility index (Phi) is 21.0. The largest absolute Gasteiger partial charge is 0.468 e. The Morgan fingerprint density at radius 3 is 1.13 bits per heavy atom. The Morgan fingerprint density at radius 1 is 0.522 bits per heavy atom. The highest BCUT2D eigenvalue weighted by atomic mass is 16.5. The summed E-state index contributed by atoms with van der Waals surface area (Å²) in [7, 11) is 0. The summed E-state index contributed by atoms with van der Waals surface area (Å²) in [6.07, 6.45) is 24.9. The van der Waals surface area contributed by atoms with Gasteiger partial charge in [0.15, 0.2) is 0 Å². The van der Waals surface area contributed by atoms with Crippen LogP contribution < -0.4 is 0 Å². The lowest BCUT2D eigenvalue weighted by molar-refractivity contribution is -0.128. The van der Waals surface area contributed by atoms with Gasteiger partial charge in [-0.05, 0) is 6.42 Å². The molecule has 0 rings (SSSR count). The summed E-state index contributed by atoms with van der Waals surface area (Å²) in [6.45, 7) is 3.43. The van der Waals surface area contributed by atoms with Crippen LogP contribution in [0.5, 0.6) is 0 Å². The highest BCUT2D eigenvalue weighted by Crippen LogP contribution is 2.14. The van der Waals surface area contributed by atoms with E-state index in [0.717, 1.165) is 6.42 Å². The van der Waals surface area contributed by atoms with E-state index >= 15 is 0 Å². The molecule has 0 saturated heterocycles. The second kappa shape index (κ2) is 21.5. The Balaban J connectivity index is 2.93. The Morgan fingerprint density at radius 2 is 0.826 bits per heavy atom. The summed E-state index contributed by atoms with van der Waals surface area (Å²) < 4.78 is 4.68. The standard InChI is InChI=1S/C21H42O2/c1-2-3-4-5-6-7-8-9-10-11-12-13-14-15-16-17-18-19-20-23-21-22/h21H,2-20H2,1H3. The summed E-state index contributed by atoms with van der Waals surface area (Å²) in [4.78, 5) is 9.96. The zero-order chi connectivity index (χ0) is 16.8. The summed E-state index contributed by atoms with van der Waals surface area (Å²) in [5.74, 6) is 0. The molecular formula is C21H42O2. The molecule has 0 spiro atoms. The van der Waals surface area contributed by atoms with Crippen molar-refractivity contribution < 1.29 is 9.53 Å². The van der Waals surface area contributed by atoms with Crippen molar-refractivity contribution in [2.24, 2.45) is 0 Å². The van der Waals surface area contributed by atoms with Gasteiger partial charge in [-0.25, -0.2) is 0 Å². The Hall–Kier alpha value is -0.530. The van der Waals surface area contributed by atoms with Crippen molar-refractivity contribution >= 4 is 6.47 Å². The third kappa shape index (κ3) is 21.5. The van der Waals surface area contributed by atoms with Crippen LogP contribution in [0.25, 0.3) is 0 Å². The van der Waals surface area contributed by atoms with E-state index in [0.29, 0.717) is 13.1 Å². The maximum Gasteiger partial charge on any atom is 0.293 e. The first kappa shape index (κ1) is 22.5. The molecule has 0 N–H and O–H groups in total. The molecule has 0 radical (unpaired) electrons. The lowest BCUT2D eigenvalue weighted by Crippen LogP contribution is -1.91. The van der Waals surface area contributed by atoms with Crippen molar-refractivity contribution in [1.82, 2.24) is 0 Å².